The van der Waals surface area contributed by atoms with E-state index in [4.69, 9.17) is 10.5 Å². The highest BCUT2D eigenvalue weighted by Crippen LogP contribution is 2.45. The Morgan fingerprint density at radius 2 is 1.68 bits per heavy atom. The van der Waals surface area contributed by atoms with E-state index in [1.54, 1.807) is 0 Å². The molecule has 0 amide bonds. The molecule has 124 valence electrons. The van der Waals surface area contributed by atoms with Crippen molar-refractivity contribution in [1.82, 2.24) is 4.90 Å². The zero-order valence-electron chi connectivity index (χ0n) is 15.2. The first-order chi connectivity index (χ1) is 10.0. The highest BCUT2D eigenvalue weighted by molar-refractivity contribution is 5.54. The van der Waals surface area contributed by atoms with Crippen LogP contribution in [0.4, 0.5) is 5.69 Å². The van der Waals surface area contributed by atoms with E-state index in [1.807, 2.05) is 19.9 Å². The van der Waals surface area contributed by atoms with Crippen LogP contribution in [-0.2, 0) is 0 Å². The van der Waals surface area contributed by atoms with Gasteiger partial charge < -0.3 is 10.5 Å². The van der Waals surface area contributed by atoms with E-state index >= 15 is 0 Å². The normalized spacial score (nSPS) is 22.0. The van der Waals surface area contributed by atoms with Gasteiger partial charge in [0, 0.05) is 11.1 Å². The summed E-state index contributed by atoms with van der Waals surface area (Å²) in [4.78, 5) is 2.51. The summed E-state index contributed by atoms with van der Waals surface area (Å²) in [6.45, 7) is 13.4. The van der Waals surface area contributed by atoms with Crippen molar-refractivity contribution in [3.8, 4) is 5.75 Å². The predicted octanol–water partition coefficient (Wildman–Crippen LogP) is 4.42. The number of ether oxygens (including phenoxy) is 1. The molecule has 0 radical (unpaired) electrons. The Morgan fingerprint density at radius 3 is 2.18 bits per heavy atom. The van der Waals surface area contributed by atoms with Gasteiger partial charge in [-0.1, -0.05) is 6.07 Å². The average Bonchev–Trinajstić information content (AvgIpc) is 2.37. The summed E-state index contributed by atoms with van der Waals surface area (Å²) in [7, 11) is 2.24. The topological polar surface area (TPSA) is 38.5 Å². The Bertz CT molecular complexity index is 516. The SMILES string of the molecule is CC(C)Oc1cc(C2CC(C)(C)N(C)C(C)(C)C2)ccc1N. The summed E-state index contributed by atoms with van der Waals surface area (Å²) >= 11 is 0. The minimum Gasteiger partial charge on any atom is -0.489 e. The van der Waals surface area contributed by atoms with Gasteiger partial charge in [0.1, 0.15) is 5.75 Å². The number of anilines is 1. The molecule has 22 heavy (non-hydrogen) atoms. The lowest BCUT2D eigenvalue weighted by Gasteiger charge is -2.54. The number of nitrogen functional groups attached to an aromatic ring is 1. The number of rotatable bonds is 3. The molecule has 2 rings (SSSR count). The van der Waals surface area contributed by atoms with Gasteiger partial charge in [0.2, 0.25) is 0 Å². The maximum absolute atomic E-state index is 6.06. The summed E-state index contributed by atoms with van der Waals surface area (Å²) in [5, 5.41) is 0. The van der Waals surface area contributed by atoms with Gasteiger partial charge >= 0.3 is 0 Å². The fraction of sp³-hybridized carbons (Fsp3) is 0.684. The van der Waals surface area contributed by atoms with Crippen molar-refractivity contribution in [3.05, 3.63) is 23.8 Å². The molecule has 1 saturated heterocycles. The number of nitrogens with two attached hydrogens (primary N) is 1. The third kappa shape index (κ3) is 3.40. The Morgan fingerprint density at radius 1 is 1.14 bits per heavy atom. The summed E-state index contributed by atoms with van der Waals surface area (Å²) in [5.41, 5.74) is 8.51. The zero-order chi connectivity index (χ0) is 16.7. The maximum Gasteiger partial charge on any atom is 0.142 e. The van der Waals surface area contributed by atoms with Crippen LogP contribution in [0, 0.1) is 0 Å². The molecular weight excluding hydrogens is 272 g/mol. The standard InChI is InChI=1S/C19H32N2O/c1-13(2)22-17-10-14(8-9-16(17)20)15-11-18(3,4)21(7)19(5,6)12-15/h8-10,13,15H,11-12,20H2,1-7H3. The summed E-state index contributed by atoms with van der Waals surface area (Å²) in [6, 6.07) is 6.31. The van der Waals surface area contributed by atoms with Crippen LogP contribution in [0.15, 0.2) is 18.2 Å². The monoisotopic (exact) mass is 304 g/mol. The van der Waals surface area contributed by atoms with Gasteiger partial charge in [-0.25, -0.2) is 0 Å². The van der Waals surface area contributed by atoms with Crippen LogP contribution in [0.5, 0.6) is 5.75 Å². The summed E-state index contributed by atoms with van der Waals surface area (Å²) in [5.74, 6) is 1.36. The largest absolute Gasteiger partial charge is 0.489 e. The lowest BCUT2D eigenvalue weighted by atomic mass is 9.71. The number of hydrogen-bond acceptors (Lipinski definition) is 3. The number of likely N-dealkylation sites (tertiary alicyclic amines) is 1. The third-order valence-corrected chi connectivity index (χ3v) is 5.18. The molecule has 1 fully saturated rings. The first-order valence-electron chi connectivity index (χ1n) is 8.33. The fourth-order valence-corrected chi connectivity index (χ4v) is 3.77. The van der Waals surface area contributed by atoms with Gasteiger partial charge in [-0.2, -0.15) is 0 Å². The third-order valence-electron chi connectivity index (χ3n) is 5.18. The van der Waals surface area contributed by atoms with Crippen molar-refractivity contribution in [2.24, 2.45) is 0 Å². The molecule has 0 aromatic heterocycles. The fourth-order valence-electron chi connectivity index (χ4n) is 3.77. The second-order valence-electron chi connectivity index (χ2n) is 8.25. The van der Waals surface area contributed by atoms with Crippen LogP contribution < -0.4 is 10.5 Å². The number of hydrogen-bond donors (Lipinski definition) is 1. The minimum absolute atomic E-state index is 0.142. The van der Waals surface area contributed by atoms with Crippen molar-refractivity contribution < 1.29 is 4.74 Å². The smallest absolute Gasteiger partial charge is 0.142 e. The molecule has 1 aromatic rings. The van der Waals surface area contributed by atoms with E-state index in [0.717, 1.165) is 24.3 Å². The Balaban J connectivity index is 2.32. The van der Waals surface area contributed by atoms with Crippen LogP contribution in [-0.4, -0.2) is 29.1 Å². The highest BCUT2D eigenvalue weighted by Gasteiger charge is 2.43. The van der Waals surface area contributed by atoms with Crippen LogP contribution in [0.25, 0.3) is 0 Å². The minimum atomic E-state index is 0.142. The zero-order valence-corrected chi connectivity index (χ0v) is 15.2. The van der Waals surface area contributed by atoms with Crippen LogP contribution in [0.3, 0.4) is 0 Å². The van der Waals surface area contributed by atoms with Crippen molar-refractivity contribution in [2.45, 2.75) is 77.5 Å². The predicted molar refractivity (Wildman–Crippen MR) is 94.5 cm³/mol. The lowest BCUT2D eigenvalue weighted by Crippen LogP contribution is -2.58. The lowest BCUT2D eigenvalue weighted by molar-refractivity contribution is -0.0128. The Labute approximate surface area is 135 Å². The van der Waals surface area contributed by atoms with E-state index in [2.05, 4.69) is 51.8 Å². The second-order valence-corrected chi connectivity index (χ2v) is 8.25. The van der Waals surface area contributed by atoms with E-state index in [-0.39, 0.29) is 17.2 Å². The molecule has 3 heteroatoms. The molecule has 1 heterocycles. The first-order valence-corrected chi connectivity index (χ1v) is 8.33. The molecule has 0 aliphatic carbocycles. The van der Waals surface area contributed by atoms with Gasteiger partial charge in [0.15, 0.2) is 0 Å². The van der Waals surface area contributed by atoms with Gasteiger partial charge in [0.05, 0.1) is 11.8 Å². The maximum atomic E-state index is 6.06. The van der Waals surface area contributed by atoms with Crippen molar-refractivity contribution in [3.63, 3.8) is 0 Å². The van der Waals surface area contributed by atoms with Gasteiger partial charge in [0.25, 0.3) is 0 Å². The number of piperidine rings is 1. The molecule has 2 N–H and O–H groups in total. The molecule has 1 aromatic carbocycles. The highest BCUT2D eigenvalue weighted by atomic mass is 16.5. The van der Waals surface area contributed by atoms with Crippen LogP contribution in [0.2, 0.25) is 0 Å². The van der Waals surface area contributed by atoms with E-state index in [9.17, 15) is 0 Å². The van der Waals surface area contributed by atoms with Crippen molar-refractivity contribution >= 4 is 5.69 Å². The molecule has 0 unspecified atom stereocenters. The number of nitrogens with zero attached hydrogens (tertiary/aromatic N) is 1. The quantitative estimate of drug-likeness (QED) is 0.840. The molecule has 0 saturated carbocycles. The van der Waals surface area contributed by atoms with E-state index in [1.165, 1.54) is 5.56 Å². The molecule has 3 nitrogen and oxygen atoms in total. The molecule has 0 bridgehead atoms. The molecule has 0 spiro atoms. The first kappa shape index (κ1) is 17.1. The Kier molecular flexibility index (Phi) is 4.49. The number of benzene rings is 1. The Hall–Kier alpha value is -1.22. The second kappa shape index (κ2) is 5.77. The van der Waals surface area contributed by atoms with Crippen LogP contribution >= 0.6 is 0 Å². The molecule has 1 aliphatic rings. The molecule has 0 atom stereocenters. The molecular formula is C19H32N2O. The van der Waals surface area contributed by atoms with Gasteiger partial charge in [-0.05, 0) is 85.0 Å². The average molecular weight is 304 g/mol. The van der Waals surface area contributed by atoms with Gasteiger partial charge in [-0.3, -0.25) is 4.90 Å². The van der Waals surface area contributed by atoms with Crippen molar-refractivity contribution in [2.75, 3.05) is 12.8 Å². The summed E-state index contributed by atoms with van der Waals surface area (Å²) in [6.07, 6.45) is 2.44. The van der Waals surface area contributed by atoms with E-state index in [0.29, 0.717) is 5.92 Å². The van der Waals surface area contributed by atoms with Crippen LogP contribution in [0.1, 0.15) is 65.9 Å². The van der Waals surface area contributed by atoms with E-state index < -0.39 is 0 Å². The van der Waals surface area contributed by atoms with Crippen molar-refractivity contribution in [1.29, 1.82) is 0 Å². The van der Waals surface area contributed by atoms with Gasteiger partial charge in [-0.15, -0.1) is 0 Å². The summed E-state index contributed by atoms with van der Waals surface area (Å²) < 4.78 is 5.87. The molecule has 1 aliphatic heterocycles.